The van der Waals surface area contributed by atoms with Crippen molar-refractivity contribution in [1.82, 2.24) is 5.32 Å². The van der Waals surface area contributed by atoms with Gasteiger partial charge in [-0.2, -0.15) is 8.78 Å². The standard InChI is InChI=1S/C20H21F2NO4S/c1-13(14-3-2-4-15(11-14)27-20(21)22)23-19(24)7-10-28-16-5-6-17-18(12-16)26-9-8-25-17/h2-6,11-13,20H,7-10H2,1H3,(H,23,24)/t13-/m0/s1. The number of halogens is 2. The molecule has 1 amide bonds. The molecule has 8 heteroatoms. The Morgan fingerprint density at radius 1 is 1.18 bits per heavy atom. The first-order chi connectivity index (χ1) is 13.5. The summed E-state index contributed by atoms with van der Waals surface area (Å²) in [4.78, 5) is 13.2. The molecule has 0 bridgehead atoms. The second kappa shape index (κ2) is 9.64. The van der Waals surface area contributed by atoms with Crippen molar-refractivity contribution < 1.29 is 27.8 Å². The number of nitrogens with one attached hydrogen (secondary N) is 1. The first-order valence-electron chi connectivity index (χ1n) is 8.88. The van der Waals surface area contributed by atoms with E-state index in [4.69, 9.17) is 9.47 Å². The van der Waals surface area contributed by atoms with Gasteiger partial charge in [-0.05, 0) is 42.8 Å². The third-order valence-electron chi connectivity index (χ3n) is 4.07. The molecular weight excluding hydrogens is 388 g/mol. The molecule has 0 unspecified atom stereocenters. The summed E-state index contributed by atoms with van der Waals surface area (Å²) in [7, 11) is 0. The van der Waals surface area contributed by atoms with Gasteiger partial charge in [0, 0.05) is 17.1 Å². The summed E-state index contributed by atoms with van der Waals surface area (Å²) >= 11 is 1.55. The summed E-state index contributed by atoms with van der Waals surface area (Å²) in [5.74, 6) is 2.02. The maximum absolute atomic E-state index is 12.3. The molecule has 1 aliphatic heterocycles. The molecule has 1 aliphatic rings. The van der Waals surface area contributed by atoms with E-state index < -0.39 is 6.61 Å². The molecule has 1 atom stereocenters. The first-order valence-corrected chi connectivity index (χ1v) is 9.86. The van der Waals surface area contributed by atoms with Crippen LogP contribution in [0, 0.1) is 0 Å². The monoisotopic (exact) mass is 409 g/mol. The highest BCUT2D eigenvalue weighted by molar-refractivity contribution is 7.99. The molecule has 2 aromatic carbocycles. The van der Waals surface area contributed by atoms with Crippen molar-refractivity contribution >= 4 is 17.7 Å². The van der Waals surface area contributed by atoms with Gasteiger partial charge in [-0.3, -0.25) is 4.79 Å². The van der Waals surface area contributed by atoms with Crippen LogP contribution in [0.5, 0.6) is 17.2 Å². The second-order valence-corrected chi connectivity index (χ2v) is 7.31. The van der Waals surface area contributed by atoms with Gasteiger partial charge in [-0.25, -0.2) is 0 Å². The summed E-state index contributed by atoms with van der Waals surface area (Å²) in [6.07, 6.45) is 0.330. The van der Waals surface area contributed by atoms with Crippen LogP contribution >= 0.6 is 11.8 Å². The highest BCUT2D eigenvalue weighted by atomic mass is 32.2. The van der Waals surface area contributed by atoms with Gasteiger partial charge < -0.3 is 19.5 Å². The van der Waals surface area contributed by atoms with Crippen LogP contribution < -0.4 is 19.5 Å². The Labute approximate surface area is 166 Å². The van der Waals surface area contributed by atoms with Crippen molar-refractivity contribution in [3.63, 3.8) is 0 Å². The molecule has 5 nitrogen and oxygen atoms in total. The van der Waals surface area contributed by atoms with Crippen LogP contribution in [0.1, 0.15) is 24.9 Å². The fourth-order valence-electron chi connectivity index (χ4n) is 2.73. The number of alkyl halides is 2. The summed E-state index contributed by atoms with van der Waals surface area (Å²) in [6.45, 7) is 0.00517. The van der Waals surface area contributed by atoms with Crippen molar-refractivity contribution in [2.75, 3.05) is 19.0 Å². The van der Waals surface area contributed by atoms with E-state index in [1.807, 2.05) is 18.2 Å². The lowest BCUT2D eigenvalue weighted by molar-refractivity contribution is -0.121. The number of rotatable bonds is 8. The van der Waals surface area contributed by atoms with Crippen molar-refractivity contribution in [2.45, 2.75) is 30.9 Å². The van der Waals surface area contributed by atoms with Gasteiger partial charge in [0.1, 0.15) is 19.0 Å². The minimum atomic E-state index is -2.88. The van der Waals surface area contributed by atoms with E-state index in [0.717, 1.165) is 16.4 Å². The topological polar surface area (TPSA) is 56.8 Å². The van der Waals surface area contributed by atoms with Crippen LogP contribution in [-0.2, 0) is 4.79 Å². The second-order valence-electron chi connectivity index (χ2n) is 6.14. The molecule has 1 N–H and O–H groups in total. The normalized spacial score (nSPS) is 13.9. The maximum atomic E-state index is 12.3. The average molecular weight is 409 g/mol. The molecule has 3 rings (SSSR count). The molecule has 0 saturated carbocycles. The lowest BCUT2D eigenvalue weighted by Gasteiger charge is -2.18. The summed E-state index contributed by atoms with van der Waals surface area (Å²) < 4.78 is 40.1. The quantitative estimate of drug-likeness (QED) is 0.654. The Morgan fingerprint density at radius 2 is 1.96 bits per heavy atom. The van der Waals surface area contributed by atoms with E-state index in [-0.39, 0.29) is 17.7 Å². The zero-order valence-electron chi connectivity index (χ0n) is 15.3. The van der Waals surface area contributed by atoms with E-state index in [0.29, 0.717) is 31.0 Å². The number of thioether (sulfide) groups is 1. The molecule has 0 fully saturated rings. The predicted octanol–water partition coefficient (Wildman–Crippen LogP) is 4.42. The zero-order chi connectivity index (χ0) is 19.9. The minimum absolute atomic E-state index is 0.0720. The first kappa shape index (κ1) is 20.3. The van der Waals surface area contributed by atoms with E-state index in [1.54, 1.807) is 30.8 Å². The van der Waals surface area contributed by atoms with Crippen molar-refractivity contribution in [2.24, 2.45) is 0 Å². The van der Waals surface area contributed by atoms with Crippen molar-refractivity contribution in [1.29, 1.82) is 0 Å². The Balaban J connectivity index is 1.46. The summed E-state index contributed by atoms with van der Waals surface area (Å²) in [5, 5.41) is 2.87. The fourth-order valence-corrected chi connectivity index (χ4v) is 3.61. The van der Waals surface area contributed by atoms with Gasteiger partial charge in [0.25, 0.3) is 0 Å². The molecule has 0 spiro atoms. The number of fused-ring (bicyclic) bond motifs is 1. The molecular formula is C20H21F2NO4S. The minimum Gasteiger partial charge on any atom is -0.486 e. The van der Waals surface area contributed by atoms with Crippen LogP contribution in [0.3, 0.4) is 0 Å². The van der Waals surface area contributed by atoms with E-state index >= 15 is 0 Å². The lowest BCUT2D eigenvalue weighted by atomic mass is 10.1. The number of amides is 1. The van der Waals surface area contributed by atoms with Crippen LogP contribution in [0.15, 0.2) is 47.4 Å². The number of carbonyl (C=O) groups excluding carboxylic acids is 1. The maximum Gasteiger partial charge on any atom is 0.387 e. The largest absolute Gasteiger partial charge is 0.486 e. The number of hydrogen-bond acceptors (Lipinski definition) is 5. The smallest absolute Gasteiger partial charge is 0.387 e. The average Bonchev–Trinajstić information content (AvgIpc) is 2.67. The van der Waals surface area contributed by atoms with Crippen LogP contribution in [0.2, 0.25) is 0 Å². The molecule has 28 heavy (non-hydrogen) atoms. The Hall–Kier alpha value is -2.48. The molecule has 0 radical (unpaired) electrons. The molecule has 2 aromatic rings. The van der Waals surface area contributed by atoms with E-state index in [2.05, 4.69) is 10.1 Å². The Kier molecular flexibility index (Phi) is 6.97. The van der Waals surface area contributed by atoms with Gasteiger partial charge in [0.15, 0.2) is 11.5 Å². The van der Waals surface area contributed by atoms with Gasteiger partial charge in [-0.15, -0.1) is 11.8 Å². The van der Waals surface area contributed by atoms with Crippen LogP contribution in [0.25, 0.3) is 0 Å². The third-order valence-corrected chi connectivity index (χ3v) is 5.07. The number of ether oxygens (including phenoxy) is 3. The Bertz CT molecular complexity index is 819. The number of carbonyl (C=O) groups is 1. The predicted molar refractivity (Wildman–Crippen MR) is 102 cm³/mol. The Morgan fingerprint density at radius 3 is 2.75 bits per heavy atom. The van der Waals surface area contributed by atoms with Crippen LogP contribution in [-0.4, -0.2) is 31.5 Å². The summed E-state index contributed by atoms with van der Waals surface area (Å²) in [6, 6.07) is 11.7. The van der Waals surface area contributed by atoms with Crippen molar-refractivity contribution in [3.05, 3.63) is 48.0 Å². The highest BCUT2D eigenvalue weighted by Gasteiger charge is 2.14. The van der Waals surface area contributed by atoms with Gasteiger partial charge in [-0.1, -0.05) is 12.1 Å². The molecule has 150 valence electrons. The number of benzene rings is 2. The van der Waals surface area contributed by atoms with Crippen molar-refractivity contribution in [3.8, 4) is 17.2 Å². The van der Waals surface area contributed by atoms with Gasteiger partial charge in [0.05, 0.1) is 6.04 Å². The molecule has 0 saturated heterocycles. The highest BCUT2D eigenvalue weighted by Crippen LogP contribution is 2.34. The molecule has 0 aliphatic carbocycles. The van der Waals surface area contributed by atoms with Crippen LogP contribution in [0.4, 0.5) is 8.78 Å². The lowest BCUT2D eigenvalue weighted by Crippen LogP contribution is -2.26. The molecule has 1 heterocycles. The SMILES string of the molecule is C[C@H](NC(=O)CCSc1ccc2c(c1)OCCO2)c1cccc(OC(F)F)c1. The molecule has 0 aromatic heterocycles. The van der Waals surface area contributed by atoms with E-state index in [1.165, 1.54) is 12.1 Å². The number of hydrogen-bond donors (Lipinski definition) is 1. The summed E-state index contributed by atoms with van der Waals surface area (Å²) in [5.41, 5.74) is 0.700. The van der Waals surface area contributed by atoms with Gasteiger partial charge in [0.2, 0.25) is 5.91 Å². The fraction of sp³-hybridized carbons (Fsp3) is 0.350. The third kappa shape index (κ3) is 5.76. The zero-order valence-corrected chi connectivity index (χ0v) is 16.1. The van der Waals surface area contributed by atoms with Gasteiger partial charge >= 0.3 is 6.61 Å². The van der Waals surface area contributed by atoms with E-state index in [9.17, 15) is 13.6 Å².